The summed E-state index contributed by atoms with van der Waals surface area (Å²) in [7, 11) is 0. The minimum absolute atomic E-state index is 0.0682. The Bertz CT molecular complexity index is 845. The molecular formula is C15H10BrCl2FN2. The summed E-state index contributed by atoms with van der Waals surface area (Å²) in [5, 5.41) is 0.0682. The summed E-state index contributed by atoms with van der Waals surface area (Å²) >= 11 is 15.4. The lowest BCUT2D eigenvalue weighted by molar-refractivity contribution is 0.630. The van der Waals surface area contributed by atoms with Crippen molar-refractivity contribution in [1.29, 1.82) is 0 Å². The van der Waals surface area contributed by atoms with Gasteiger partial charge >= 0.3 is 0 Å². The van der Waals surface area contributed by atoms with Crippen LogP contribution in [0.2, 0.25) is 5.02 Å². The molecule has 0 aliphatic rings. The zero-order valence-corrected chi connectivity index (χ0v) is 14.1. The van der Waals surface area contributed by atoms with Gasteiger partial charge in [-0.15, -0.1) is 11.6 Å². The van der Waals surface area contributed by atoms with E-state index in [-0.39, 0.29) is 10.9 Å². The lowest BCUT2D eigenvalue weighted by atomic mass is 10.2. The molecule has 1 heterocycles. The van der Waals surface area contributed by atoms with E-state index in [1.807, 2.05) is 29.7 Å². The molecule has 2 nitrogen and oxygen atoms in total. The third-order valence-corrected chi connectivity index (χ3v) is 4.70. The van der Waals surface area contributed by atoms with Crippen LogP contribution in [0.3, 0.4) is 0 Å². The van der Waals surface area contributed by atoms with Gasteiger partial charge in [-0.2, -0.15) is 0 Å². The first-order chi connectivity index (χ1) is 10.0. The van der Waals surface area contributed by atoms with E-state index in [4.69, 9.17) is 23.2 Å². The van der Waals surface area contributed by atoms with Crippen molar-refractivity contribution in [2.75, 3.05) is 0 Å². The Morgan fingerprint density at radius 2 is 2.05 bits per heavy atom. The standard InChI is InChI=1S/C15H10BrCl2FN2/c1-8-4-9(2-3-10(8)16)21-14-5-11(18)12(19)6-13(14)20-15(21)7-17/h2-6H,7H2,1H3. The number of nitrogens with zero attached hydrogens (tertiary/aromatic N) is 2. The van der Waals surface area contributed by atoms with Gasteiger partial charge < -0.3 is 0 Å². The molecule has 0 amide bonds. The van der Waals surface area contributed by atoms with Crippen LogP contribution in [0.5, 0.6) is 0 Å². The van der Waals surface area contributed by atoms with Crippen LogP contribution in [0.15, 0.2) is 34.8 Å². The van der Waals surface area contributed by atoms with Crippen LogP contribution < -0.4 is 0 Å². The SMILES string of the molecule is Cc1cc(-n2c(CCl)nc3cc(F)c(Cl)cc32)ccc1Br. The quantitative estimate of drug-likeness (QED) is 0.521. The Hall–Kier alpha value is -1.10. The average molecular weight is 388 g/mol. The number of fused-ring (bicyclic) bond motifs is 1. The molecule has 0 aliphatic carbocycles. The van der Waals surface area contributed by atoms with Crippen molar-refractivity contribution in [2.45, 2.75) is 12.8 Å². The largest absolute Gasteiger partial charge is 0.295 e. The van der Waals surface area contributed by atoms with Gasteiger partial charge in [0.1, 0.15) is 11.6 Å². The molecule has 0 aliphatic heterocycles. The normalized spacial score (nSPS) is 11.3. The molecule has 1 aromatic heterocycles. The van der Waals surface area contributed by atoms with Gasteiger partial charge in [-0.25, -0.2) is 9.37 Å². The number of aromatic nitrogens is 2. The lowest BCUT2D eigenvalue weighted by Crippen LogP contribution is -2.00. The minimum Gasteiger partial charge on any atom is -0.295 e. The number of benzene rings is 2. The summed E-state index contributed by atoms with van der Waals surface area (Å²) in [6.45, 7) is 2.00. The van der Waals surface area contributed by atoms with Crippen LogP contribution in [0, 0.1) is 12.7 Å². The van der Waals surface area contributed by atoms with E-state index in [1.54, 1.807) is 6.07 Å². The third kappa shape index (κ3) is 2.56. The monoisotopic (exact) mass is 386 g/mol. The van der Waals surface area contributed by atoms with Gasteiger partial charge in [0.05, 0.1) is 21.9 Å². The molecule has 108 valence electrons. The Morgan fingerprint density at radius 3 is 2.71 bits per heavy atom. The smallest absolute Gasteiger partial charge is 0.144 e. The topological polar surface area (TPSA) is 17.8 Å². The van der Waals surface area contributed by atoms with Crippen molar-refractivity contribution >= 4 is 50.2 Å². The Balaban J connectivity index is 2.34. The van der Waals surface area contributed by atoms with Gasteiger partial charge in [0.15, 0.2) is 0 Å². The highest BCUT2D eigenvalue weighted by Gasteiger charge is 2.15. The predicted octanol–water partition coefficient (Wildman–Crippen LogP) is 5.63. The highest BCUT2D eigenvalue weighted by Crippen LogP contribution is 2.29. The minimum atomic E-state index is -0.484. The zero-order valence-electron chi connectivity index (χ0n) is 11.0. The van der Waals surface area contributed by atoms with Crippen LogP contribution in [0.25, 0.3) is 16.7 Å². The first-order valence-corrected chi connectivity index (χ1v) is 7.90. The van der Waals surface area contributed by atoms with Crippen LogP contribution in [-0.4, -0.2) is 9.55 Å². The Morgan fingerprint density at radius 1 is 1.29 bits per heavy atom. The summed E-state index contributed by atoms with van der Waals surface area (Å²) in [5.41, 5.74) is 3.27. The maximum atomic E-state index is 13.6. The molecule has 3 rings (SSSR count). The van der Waals surface area contributed by atoms with Gasteiger partial charge in [-0.05, 0) is 36.8 Å². The fourth-order valence-corrected chi connectivity index (χ4v) is 2.85. The highest BCUT2D eigenvalue weighted by molar-refractivity contribution is 9.10. The van der Waals surface area contributed by atoms with Crippen molar-refractivity contribution < 1.29 is 4.39 Å². The maximum Gasteiger partial charge on any atom is 0.144 e. The summed E-state index contributed by atoms with van der Waals surface area (Å²) in [5.74, 6) is 0.389. The summed E-state index contributed by atoms with van der Waals surface area (Å²) in [6.07, 6.45) is 0. The lowest BCUT2D eigenvalue weighted by Gasteiger charge is -2.10. The van der Waals surface area contributed by atoms with E-state index in [0.717, 1.165) is 21.2 Å². The van der Waals surface area contributed by atoms with Crippen LogP contribution in [0.4, 0.5) is 4.39 Å². The summed E-state index contributed by atoms with van der Waals surface area (Å²) in [4.78, 5) is 4.38. The number of halogens is 4. The molecule has 6 heteroatoms. The molecule has 0 N–H and O–H groups in total. The molecule has 0 radical (unpaired) electrons. The van der Waals surface area contributed by atoms with E-state index < -0.39 is 5.82 Å². The van der Waals surface area contributed by atoms with Crippen LogP contribution in [0.1, 0.15) is 11.4 Å². The summed E-state index contributed by atoms with van der Waals surface area (Å²) in [6, 6.07) is 8.83. The molecule has 0 unspecified atom stereocenters. The van der Waals surface area contributed by atoms with E-state index >= 15 is 0 Å². The third-order valence-electron chi connectivity index (χ3n) is 3.29. The van der Waals surface area contributed by atoms with Crippen molar-refractivity contribution in [3.05, 3.63) is 57.0 Å². The molecule has 0 saturated carbocycles. The van der Waals surface area contributed by atoms with Gasteiger partial charge in [0.25, 0.3) is 0 Å². The van der Waals surface area contributed by atoms with Gasteiger partial charge in [0, 0.05) is 16.2 Å². The number of hydrogen-bond acceptors (Lipinski definition) is 1. The van der Waals surface area contributed by atoms with Gasteiger partial charge in [-0.1, -0.05) is 27.5 Å². The molecule has 0 fully saturated rings. The van der Waals surface area contributed by atoms with E-state index in [2.05, 4.69) is 20.9 Å². The molecule has 21 heavy (non-hydrogen) atoms. The molecule has 2 aromatic carbocycles. The van der Waals surface area contributed by atoms with Crippen molar-refractivity contribution in [3.63, 3.8) is 0 Å². The molecule has 0 atom stereocenters. The first kappa shape index (κ1) is 14.8. The van der Waals surface area contributed by atoms with E-state index in [9.17, 15) is 4.39 Å². The zero-order chi connectivity index (χ0) is 15.1. The summed E-state index contributed by atoms with van der Waals surface area (Å²) < 4.78 is 16.5. The number of alkyl halides is 1. The van der Waals surface area contributed by atoms with Crippen molar-refractivity contribution in [3.8, 4) is 5.69 Å². The van der Waals surface area contributed by atoms with Gasteiger partial charge in [-0.3, -0.25) is 4.57 Å². The van der Waals surface area contributed by atoms with Crippen molar-refractivity contribution in [1.82, 2.24) is 9.55 Å². The van der Waals surface area contributed by atoms with Gasteiger partial charge in [0.2, 0.25) is 0 Å². The Kier molecular flexibility index (Phi) is 3.95. The number of rotatable bonds is 2. The molecule has 3 aromatic rings. The predicted molar refractivity (Wildman–Crippen MR) is 88.0 cm³/mol. The average Bonchev–Trinajstić information content (AvgIpc) is 2.80. The highest BCUT2D eigenvalue weighted by atomic mass is 79.9. The molecule has 0 saturated heterocycles. The second-order valence-electron chi connectivity index (χ2n) is 4.69. The second kappa shape index (κ2) is 5.59. The molecule has 0 bridgehead atoms. The first-order valence-electron chi connectivity index (χ1n) is 6.20. The van der Waals surface area contributed by atoms with Crippen molar-refractivity contribution in [2.24, 2.45) is 0 Å². The number of aryl methyl sites for hydroxylation is 1. The number of hydrogen-bond donors (Lipinski definition) is 0. The van der Waals surface area contributed by atoms with Crippen LogP contribution >= 0.6 is 39.1 Å². The molecular weight excluding hydrogens is 378 g/mol. The fourth-order valence-electron chi connectivity index (χ4n) is 2.27. The van der Waals surface area contributed by atoms with E-state index in [1.165, 1.54) is 6.07 Å². The van der Waals surface area contributed by atoms with E-state index in [0.29, 0.717) is 11.3 Å². The second-order valence-corrected chi connectivity index (χ2v) is 6.21. The van der Waals surface area contributed by atoms with Crippen LogP contribution in [-0.2, 0) is 5.88 Å². The fraction of sp³-hybridized carbons (Fsp3) is 0.133. The molecule has 0 spiro atoms. The maximum absolute atomic E-state index is 13.6. The number of imidazole rings is 1. The Labute approximate surface area is 139 Å².